The molecule has 1 aliphatic heterocycles. The Morgan fingerprint density at radius 3 is 2.30 bits per heavy atom. The predicted molar refractivity (Wildman–Crippen MR) is 127 cm³/mol. The molecule has 5 rings (SSSR count). The Kier molecular flexibility index (Phi) is 5.65. The minimum absolute atomic E-state index is 0.0593. The van der Waals surface area contributed by atoms with Gasteiger partial charge in [0.05, 0.1) is 11.8 Å². The van der Waals surface area contributed by atoms with Crippen molar-refractivity contribution in [1.82, 2.24) is 5.01 Å². The van der Waals surface area contributed by atoms with Crippen molar-refractivity contribution in [3.63, 3.8) is 0 Å². The number of carbonyl (C=O) groups excluding carboxylic acids is 2. The van der Waals surface area contributed by atoms with E-state index < -0.39 is 6.09 Å². The van der Waals surface area contributed by atoms with Crippen molar-refractivity contribution in [2.45, 2.75) is 38.3 Å². The van der Waals surface area contributed by atoms with Gasteiger partial charge in [-0.1, -0.05) is 60.2 Å². The molecule has 1 saturated carbocycles. The molecule has 3 aromatic rings. The Morgan fingerprint density at radius 2 is 1.64 bits per heavy atom. The number of carbonyl (C=O) groups is 2. The van der Waals surface area contributed by atoms with E-state index >= 15 is 0 Å². The summed E-state index contributed by atoms with van der Waals surface area (Å²) in [6.45, 7) is 2.00. The Bertz CT molecular complexity index is 1180. The van der Waals surface area contributed by atoms with Crippen LogP contribution in [-0.2, 0) is 4.74 Å². The SMILES string of the molecule is Cc1ccc(C(=O)N2N=C(c3ccc(NC(=O)OC4CC4)cc3)CC2c2ccccc2)cc1. The van der Waals surface area contributed by atoms with Crippen molar-refractivity contribution < 1.29 is 14.3 Å². The third-order valence-corrected chi connectivity index (χ3v) is 5.86. The monoisotopic (exact) mass is 439 g/mol. The highest BCUT2D eigenvalue weighted by atomic mass is 16.6. The van der Waals surface area contributed by atoms with Crippen LogP contribution in [0.3, 0.4) is 0 Å². The molecule has 3 aromatic carbocycles. The van der Waals surface area contributed by atoms with Crippen LogP contribution in [0.1, 0.15) is 52.4 Å². The van der Waals surface area contributed by atoms with Gasteiger partial charge in [0.2, 0.25) is 0 Å². The number of ether oxygens (including phenoxy) is 1. The van der Waals surface area contributed by atoms with Gasteiger partial charge >= 0.3 is 6.09 Å². The molecule has 33 heavy (non-hydrogen) atoms. The standard InChI is InChI=1S/C27H25N3O3/c1-18-7-9-21(10-8-18)26(31)30-25(20-5-3-2-4-6-20)17-24(29-30)19-11-13-22(14-12-19)28-27(32)33-23-15-16-23/h2-14,23,25H,15-17H2,1H3,(H,28,32). The van der Waals surface area contributed by atoms with Crippen LogP contribution < -0.4 is 5.32 Å². The highest BCUT2D eigenvalue weighted by Gasteiger charge is 2.33. The number of hydrazone groups is 1. The Morgan fingerprint density at radius 1 is 0.939 bits per heavy atom. The van der Waals surface area contributed by atoms with E-state index in [9.17, 15) is 9.59 Å². The Labute approximate surface area is 192 Å². The molecule has 1 N–H and O–H groups in total. The molecular formula is C27H25N3O3. The summed E-state index contributed by atoms with van der Waals surface area (Å²) in [6, 6.07) is 24.8. The van der Waals surface area contributed by atoms with E-state index in [4.69, 9.17) is 9.84 Å². The molecule has 0 radical (unpaired) electrons. The highest BCUT2D eigenvalue weighted by molar-refractivity contribution is 6.05. The molecule has 1 heterocycles. The molecule has 0 saturated heterocycles. The molecule has 166 valence electrons. The fourth-order valence-corrected chi connectivity index (χ4v) is 3.87. The summed E-state index contributed by atoms with van der Waals surface area (Å²) in [6.07, 6.45) is 2.11. The summed E-state index contributed by atoms with van der Waals surface area (Å²) in [5.41, 5.74) is 5.16. The zero-order valence-electron chi connectivity index (χ0n) is 18.4. The lowest BCUT2D eigenvalue weighted by Gasteiger charge is -2.22. The Hall–Kier alpha value is -3.93. The van der Waals surface area contributed by atoms with Gasteiger partial charge in [0.25, 0.3) is 5.91 Å². The number of hydrogen-bond donors (Lipinski definition) is 1. The van der Waals surface area contributed by atoms with Crippen LogP contribution in [-0.4, -0.2) is 28.8 Å². The highest BCUT2D eigenvalue weighted by Crippen LogP contribution is 2.34. The van der Waals surface area contributed by atoms with Crippen LogP contribution in [0.2, 0.25) is 0 Å². The van der Waals surface area contributed by atoms with Gasteiger partial charge < -0.3 is 4.74 Å². The number of amides is 2. The second kappa shape index (κ2) is 8.90. The van der Waals surface area contributed by atoms with Gasteiger partial charge in [0.1, 0.15) is 6.10 Å². The molecule has 1 fully saturated rings. The van der Waals surface area contributed by atoms with Gasteiger partial charge in [-0.25, -0.2) is 9.80 Å². The van der Waals surface area contributed by atoms with Crippen LogP contribution >= 0.6 is 0 Å². The summed E-state index contributed by atoms with van der Waals surface area (Å²) < 4.78 is 5.23. The van der Waals surface area contributed by atoms with Crippen molar-refractivity contribution in [2.24, 2.45) is 5.10 Å². The summed E-state index contributed by atoms with van der Waals surface area (Å²) in [7, 11) is 0. The smallest absolute Gasteiger partial charge is 0.411 e. The molecule has 1 aliphatic carbocycles. The number of hydrogen-bond acceptors (Lipinski definition) is 4. The quantitative estimate of drug-likeness (QED) is 0.555. The van der Waals surface area contributed by atoms with Crippen molar-refractivity contribution in [2.75, 3.05) is 5.32 Å². The number of nitrogens with one attached hydrogen (secondary N) is 1. The lowest BCUT2D eigenvalue weighted by atomic mass is 9.98. The third kappa shape index (κ3) is 4.80. The second-order valence-electron chi connectivity index (χ2n) is 8.50. The number of anilines is 1. The molecule has 6 heteroatoms. The van der Waals surface area contributed by atoms with E-state index in [-0.39, 0.29) is 18.1 Å². The third-order valence-electron chi connectivity index (χ3n) is 5.86. The zero-order valence-corrected chi connectivity index (χ0v) is 18.4. The van der Waals surface area contributed by atoms with Crippen LogP contribution in [0.4, 0.5) is 10.5 Å². The van der Waals surface area contributed by atoms with Crippen molar-refractivity contribution in [1.29, 1.82) is 0 Å². The summed E-state index contributed by atoms with van der Waals surface area (Å²) in [4.78, 5) is 25.2. The van der Waals surface area contributed by atoms with Gasteiger partial charge in [-0.05, 0) is 55.2 Å². The average Bonchev–Trinajstić information content (AvgIpc) is 3.53. The molecule has 1 atom stereocenters. The first-order chi connectivity index (χ1) is 16.1. The zero-order chi connectivity index (χ0) is 22.8. The lowest BCUT2D eigenvalue weighted by Crippen LogP contribution is -2.27. The topological polar surface area (TPSA) is 71.0 Å². The van der Waals surface area contributed by atoms with Crippen LogP contribution in [0.5, 0.6) is 0 Å². The van der Waals surface area contributed by atoms with Crippen molar-refractivity contribution >= 4 is 23.4 Å². The van der Waals surface area contributed by atoms with Crippen molar-refractivity contribution in [3.05, 3.63) is 101 Å². The summed E-state index contributed by atoms with van der Waals surface area (Å²) in [5.74, 6) is -0.125. The van der Waals surface area contributed by atoms with Gasteiger partial charge in [-0.2, -0.15) is 5.10 Å². The minimum atomic E-state index is -0.428. The van der Waals surface area contributed by atoms with E-state index in [2.05, 4.69) is 5.32 Å². The number of nitrogens with zero attached hydrogens (tertiary/aromatic N) is 2. The van der Waals surface area contributed by atoms with E-state index in [1.54, 1.807) is 5.01 Å². The van der Waals surface area contributed by atoms with Gasteiger partial charge in [0, 0.05) is 17.7 Å². The number of rotatable bonds is 5. The lowest BCUT2D eigenvalue weighted by molar-refractivity contribution is 0.0711. The van der Waals surface area contributed by atoms with Crippen LogP contribution in [0.25, 0.3) is 0 Å². The first kappa shape index (κ1) is 20.9. The molecule has 1 unspecified atom stereocenters. The number of benzene rings is 3. The van der Waals surface area contributed by atoms with E-state index in [1.165, 1.54) is 0 Å². The molecule has 2 aliphatic rings. The summed E-state index contributed by atoms with van der Waals surface area (Å²) in [5, 5.41) is 9.09. The maximum Gasteiger partial charge on any atom is 0.411 e. The van der Waals surface area contributed by atoms with Crippen LogP contribution in [0, 0.1) is 6.92 Å². The molecular weight excluding hydrogens is 414 g/mol. The molecule has 0 bridgehead atoms. The van der Waals surface area contributed by atoms with E-state index in [1.807, 2.05) is 85.8 Å². The minimum Gasteiger partial charge on any atom is -0.446 e. The van der Waals surface area contributed by atoms with Gasteiger partial charge in [0.15, 0.2) is 0 Å². The average molecular weight is 440 g/mol. The fraction of sp³-hybridized carbons (Fsp3) is 0.222. The first-order valence-corrected chi connectivity index (χ1v) is 11.2. The van der Waals surface area contributed by atoms with Gasteiger partial charge in [-0.15, -0.1) is 0 Å². The maximum absolute atomic E-state index is 13.3. The predicted octanol–water partition coefficient (Wildman–Crippen LogP) is 5.70. The molecule has 0 aromatic heterocycles. The summed E-state index contributed by atoms with van der Waals surface area (Å²) >= 11 is 0. The Balaban J connectivity index is 1.38. The second-order valence-corrected chi connectivity index (χ2v) is 8.50. The maximum atomic E-state index is 13.3. The van der Waals surface area contributed by atoms with E-state index in [0.717, 1.165) is 35.2 Å². The van der Waals surface area contributed by atoms with Crippen LogP contribution in [0.15, 0.2) is 84.0 Å². The molecule has 0 spiro atoms. The van der Waals surface area contributed by atoms with Gasteiger partial charge in [-0.3, -0.25) is 10.1 Å². The fourth-order valence-electron chi connectivity index (χ4n) is 3.87. The normalized spacial score (nSPS) is 17.4. The molecule has 6 nitrogen and oxygen atoms in total. The number of aryl methyl sites for hydroxylation is 1. The largest absolute Gasteiger partial charge is 0.446 e. The van der Waals surface area contributed by atoms with Crippen molar-refractivity contribution in [3.8, 4) is 0 Å². The van der Waals surface area contributed by atoms with E-state index in [0.29, 0.717) is 17.7 Å². The molecule has 2 amide bonds. The first-order valence-electron chi connectivity index (χ1n) is 11.2.